The molecular formula is C17H26N6. The van der Waals surface area contributed by atoms with E-state index in [-0.39, 0.29) is 0 Å². The zero-order valence-electron chi connectivity index (χ0n) is 14.5. The molecule has 1 fully saturated rings. The standard InChI is InChI=1S/C17H26N6/c1-5-23-11-14(12(2)21-23)10-22-8-6-7-16(22)15-9-17(18-4)20-13(3)19-15/h9,11,16H,5-8,10H2,1-4H3,(H,18,19,20)/t16-/m1/s1. The predicted molar refractivity (Wildman–Crippen MR) is 91.3 cm³/mol. The molecule has 0 radical (unpaired) electrons. The van der Waals surface area contributed by atoms with Gasteiger partial charge >= 0.3 is 0 Å². The quantitative estimate of drug-likeness (QED) is 0.919. The molecule has 1 aliphatic rings. The second kappa shape index (κ2) is 6.66. The summed E-state index contributed by atoms with van der Waals surface area (Å²) in [5.41, 5.74) is 3.57. The number of anilines is 1. The monoisotopic (exact) mass is 314 g/mol. The Labute approximate surface area is 137 Å². The number of hydrogen-bond acceptors (Lipinski definition) is 5. The number of nitrogens with one attached hydrogen (secondary N) is 1. The van der Waals surface area contributed by atoms with Crippen LogP contribution >= 0.6 is 0 Å². The normalized spacial score (nSPS) is 18.5. The number of hydrogen-bond donors (Lipinski definition) is 1. The predicted octanol–water partition coefficient (Wildman–Crippen LogP) is 2.69. The first-order valence-corrected chi connectivity index (χ1v) is 8.41. The first-order chi connectivity index (χ1) is 11.1. The number of aromatic nitrogens is 4. The van der Waals surface area contributed by atoms with Crippen molar-refractivity contribution in [1.82, 2.24) is 24.6 Å². The molecule has 6 heteroatoms. The van der Waals surface area contributed by atoms with Crippen LogP contribution in [0.1, 0.15) is 48.6 Å². The van der Waals surface area contributed by atoms with E-state index >= 15 is 0 Å². The highest BCUT2D eigenvalue weighted by Gasteiger charge is 2.28. The second-order valence-corrected chi connectivity index (χ2v) is 6.20. The summed E-state index contributed by atoms with van der Waals surface area (Å²) in [5.74, 6) is 1.73. The van der Waals surface area contributed by atoms with E-state index in [1.54, 1.807) is 0 Å². The molecule has 3 heterocycles. The summed E-state index contributed by atoms with van der Waals surface area (Å²) >= 11 is 0. The summed E-state index contributed by atoms with van der Waals surface area (Å²) in [5, 5.41) is 7.70. The first kappa shape index (κ1) is 15.9. The van der Waals surface area contributed by atoms with Crippen molar-refractivity contribution < 1.29 is 0 Å². The summed E-state index contributed by atoms with van der Waals surface area (Å²) in [7, 11) is 1.90. The van der Waals surface area contributed by atoms with E-state index in [0.717, 1.165) is 49.1 Å². The van der Waals surface area contributed by atoms with Gasteiger partial charge in [0.05, 0.1) is 17.4 Å². The number of nitrogens with zero attached hydrogens (tertiary/aromatic N) is 5. The van der Waals surface area contributed by atoms with Crippen molar-refractivity contribution in [3.8, 4) is 0 Å². The molecule has 1 atom stereocenters. The van der Waals surface area contributed by atoms with Crippen molar-refractivity contribution in [3.05, 3.63) is 35.0 Å². The molecule has 0 saturated carbocycles. The number of likely N-dealkylation sites (tertiary alicyclic amines) is 1. The summed E-state index contributed by atoms with van der Waals surface area (Å²) in [6.45, 7) is 9.14. The summed E-state index contributed by atoms with van der Waals surface area (Å²) in [4.78, 5) is 11.6. The molecule has 124 valence electrons. The lowest BCUT2D eigenvalue weighted by Gasteiger charge is -2.24. The molecule has 0 spiro atoms. The van der Waals surface area contributed by atoms with Gasteiger partial charge < -0.3 is 5.32 Å². The number of rotatable bonds is 5. The van der Waals surface area contributed by atoms with Crippen LogP contribution in [0, 0.1) is 13.8 Å². The molecule has 1 aliphatic heterocycles. The molecule has 2 aromatic heterocycles. The van der Waals surface area contributed by atoms with Gasteiger partial charge in [0.2, 0.25) is 0 Å². The van der Waals surface area contributed by atoms with Crippen LogP contribution in [0.4, 0.5) is 5.82 Å². The van der Waals surface area contributed by atoms with Crippen molar-refractivity contribution in [1.29, 1.82) is 0 Å². The Morgan fingerprint density at radius 1 is 1.30 bits per heavy atom. The Balaban J connectivity index is 1.82. The molecule has 0 amide bonds. The minimum absolute atomic E-state index is 0.369. The maximum Gasteiger partial charge on any atom is 0.129 e. The first-order valence-electron chi connectivity index (χ1n) is 8.41. The molecule has 1 saturated heterocycles. The Morgan fingerprint density at radius 3 is 2.83 bits per heavy atom. The highest BCUT2D eigenvalue weighted by Crippen LogP contribution is 2.33. The molecule has 0 bridgehead atoms. The summed E-state index contributed by atoms with van der Waals surface area (Å²) in [6, 6.07) is 2.45. The highest BCUT2D eigenvalue weighted by molar-refractivity contribution is 5.36. The Morgan fingerprint density at radius 2 is 2.13 bits per heavy atom. The highest BCUT2D eigenvalue weighted by atomic mass is 15.3. The summed E-state index contributed by atoms with van der Waals surface area (Å²) < 4.78 is 2.02. The minimum atomic E-state index is 0.369. The fourth-order valence-corrected chi connectivity index (χ4v) is 3.33. The third-order valence-electron chi connectivity index (χ3n) is 4.56. The maximum atomic E-state index is 4.69. The lowest BCUT2D eigenvalue weighted by molar-refractivity contribution is 0.243. The zero-order valence-corrected chi connectivity index (χ0v) is 14.5. The number of aryl methyl sites for hydroxylation is 3. The van der Waals surface area contributed by atoms with Gasteiger partial charge in [-0.15, -0.1) is 0 Å². The van der Waals surface area contributed by atoms with E-state index in [9.17, 15) is 0 Å². The minimum Gasteiger partial charge on any atom is -0.373 e. The van der Waals surface area contributed by atoms with E-state index in [2.05, 4.69) is 51.4 Å². The lowest BCUT2D eigenvalue weighted by Crippen LogP contribution is -2.24. The summed E-state index contributed by atoms with van der Waals surface area (Å²) in [6.07, 6.45) is 4.54. The van der Waals surface area contributed by atoms with E-state index in [0.29, 0.717) is 6.04 Å². The van der Waals surface area contributed by atoms with Crippen LogP contribution in [-0.2, 0) is 13.1 Å². The van der Waals surface area contributed by atoms with Crippen molar-refractivity contribution in [2.24, 2.45) is 0 Å². The van der Waals surface area contributed by atoms with E-state index < -0.39 is 0 Å². The van der Waals surface area contributed by atoms with Crippen LogP contribution in [-0.4, -0.2) is 38.2 Å². The van der Waals surface area contributed by atoms with Gasteiger partial charge in [0.25, 0.3) is 0 Å². The van der Waals surface area contributed by atoms with Crippen molar-refractivity contribution in [3.63, 3.8) is 0 Å². The van der Waals surface area contributed by atoms with Gasteiger partial charge in [-0.05, 0) is 40.2 Å². The third kappa shape index (κ3) is 3.37. The molecule has 0 unspecified atom stereocenters. The fourth-order valence-electron chi connectivity index (χ4n) is 3.33. The van der Waals surface area contributed by atoms with Gasteiger partial charge in [-0.3, -0.25) is 9.58 Å². The Bertz CT molecular complexity index is 678. The van der Waals surface area contributed by atoms with Crippen molar-refractivity contribution in [2.45, 2.75) is 52.7 Å². The molecule has 0 aliphatic carbocycles. The average Bonchev–Trinajstić information content (AvgIpc) is 3.14. The van der Waals surface area contributed by atoms with E-state index in [1.807, 2.05) is 18.7 Å². The molecule has 6 nitrogen and oxygen atoms in total. The topological polar surface area (TPSA) is 58.9 Å². The van der Waals surface area contributed by atoms with Gasteiger partial charge in [0.15, 0.2) is 0 Å². The largest absolute Gasteiger partial charge is 0.373 e. The zero-order chi connectivity index (χ0) is 16.4. The van der Waals surface area contributed by atoms with Crippen molar-refractivity contribution in [2.75, 3.05) is 18.9 Å². The lowest BCUT2D eigenvalue weighted by atomic mass is 10.1. The Kier molecular flexibility index (Phi) is 4.61. The molecule has 3 rings (SSSR count). The molecule has 2 aromatic rings. The van der Waals surface area contributed by atoms with Gasteiger partial charge in [0.1, 0.15) is 11.6 Å². The smallest absolute Gasteiger partial charge is 0.129 e. The maximum absolute atomic E-state index is 4.69. The van der Waals surface area contributed by atoms with Gasteiger partial charge in [-0.1, -0.05) is 0 Å². The SMILES string of the molecule is CCn1cc(CN2CCC[C@@H]2c2cc(NC)nc(C)n2)c(C)n1. The van der Waals surface area contributed by atoms with Crippen LogP contribution in [0.5, 0.6) is 0 Å². The molecule has 23 heavy (non-hydrogen) atoms. The van der Waals surface area contributed by atoms with Gasteiger partial charge in [0, 0.05) is 38.0 Å². The molecular weight excluding hydrogens is 288 g/mol. The van der Waals surface area contributed by atoms with Crippen LogP contribution in [0.15, 0.2) is 12.3 Å². The average molecular weight is 314 g/mol. The van der Waals surface area contributed by atoms with Crippen LogP contribution < -0.4 is 5.32 Å². The molecule has 0 aromatic carbocycles. The van der Waals surface area contributed by atoms with Crippen LogP contribution in [0.25, 0.3) is 0 Å². The van der Waals surface area contributed by atoms with Crippen LogP contribution in [0.3, 0.4) is 0 Å². The van der Waals surface area contributed by atoms with E-state index in [4.69, 9.17) is 0 Å². The third-order valence-corrected chi connectivity index (χ3v) is 4.56. The second-order valence-electron chi connectivity index (χ2n) is 6.20. The van der Waals surface area contributed by atoms with Gasteiger partial charge in [-0.2, -0.15) is 5.10 Å². The Hall–Kier alpha value is -1.95. The fraction of sp³-hybridized carbons (Fsp3) is 0.588. The van der Waals surface area contributed by atoms with Gasteiger partial charge in [-0.25, -0.2) is 9.97 Å². The van der Waals surface area contributed by atoms with Crippen molar-refractivity contribution >= 4 is 5.82 Å². The van der Waals surface area contributed by atoms with Crippen LogP contribution in [0.2, 0.25) is 0 Å². The van der Waals surface area contributed by atoms with E-state index in [1.165, 1.54) is 12.0 Å². The molecule has 1 N–H and O–H groups in total.